The number of aldehydes is 1. The maximum atomic E-state index is 12.3. The second kappa shape index (κ2) is 7.36. The van der Waals surface area contributed by atoms with Crippen molar-refractivity contribution in [2.24, 2.45) is 5.92 Å². The van der Waals surface area contributed by atoms with Crippen LogP contribution in [0.2, 0.25) is 0 Å². The van der Waals surface area contributed by atoms with E-state index in [1.165, 1.54) is 13.2 Å². The third-order valence-corrected chi connectivity index (χ3v) is 3.58. The van der Waals surface area contributed by atoms with Gasteiger partial charge in [0.1, 0.15) is 6.29 Å². The molecule has 1 aromatic rings. The summed E-state index contributed by atoms with van der Waals surface area (Å²) < 4.78 is 34.0. The molecule has 1 heterocycles. The van der Waals surface area contributed by atoms with Crippen LogP contribution in [0, 0.1) is 5.92 Å². The van der Waals surface area contributed by atoms with Gasteiger partial charge in [0, 0.05) is 19.0 Å². The van der Waals surface area contributed by atoms with Crippen LogP contribution >= 0.6 is 0 Å². The number of alkyl halides is 2. The second-order valence-electron chi connectivity index (χ2n) is 5.14. The Morgan fingerprint density at radius 3 is 2.90 bits per heavy atom. The van der Waals surface area contributed by atoms with Crippen LogP contribution in [0.25, 0.3) is 0 Å². The fourth-order valence-electron chi connectivity index (χ4n) is 2.61. The van der Waals surface area contributed by atoms with E-state index < -0.39 is 6.61 Å². The fourth-order valence-corrected chi connectivity index (χ4v) is 2.61. The molecule has 1 aliphatic rings. The molecule has 1 unspecified atom stereocenters. The monoisotopic (exact) mass is 299 g/mol. The fraction of sp³-hybridized carbons (Fsp3) is 0.533. The van der Waals surface area contributed by atoms with Crippen LogP contribution in [-0.2, 0) is 11.3 Å². The number of rotatable bonds is 6. The molecule has 6 heteroatoms. The zero-order valence-corrected chi connectivity index (χ0v) is 11.9. The lowest BCUT2D eigenvalue weighted by atomic mass is 9.99. The number of nitrogens with zero attached hydrogens (tertiary/aromatic N) is 1. The minimum Gasteiger partial charge on any atom is -0.493 e. The number of ether oxygens (including phenoxy) is 2. The summed E-state index contributed by atoms with van der Waals surface area (Å²) in [6, 6.07) is 4.93. The molecule has 1 saturated heterocycles. The van der Waals surface area contributed by atoms with Gasteiger partial charge in [0.2, 0.25) is 0 Å². The normalized spacial score (nSPS) is 19.5. The van der Waals surface area contributed by atoms with Gasteiger partial charge in [0.25, 0.3) is 0 Å². The van der Waals surface area contributed by atoms with E-state index in [0.717, 1.165) is 37.8 Å². The quantitative estimate of drug-likeness (QED) is 0.757. The molecule has 0 radical (unpaired) electrons. The molecule has 0 aromatic heterocycles. The van der Waals surface area contributed by atoms with Crippen molar-refractivity contribution in [3.05, 3.63) is 23.8 Å². The van der Waals surface area contributed by atoms with Gasteiger partial charge in [-0.2, -0.15) is 8.78 Å². The predicted molar refractivity (Wildman–Crippen MR) is 73.7 cm³/mol. The Bertz CT molecular complexity index is 482. The largest absolute Gasteiger partial charge is 0.493 e. The third-order valence-electron chi connectivity index (χ3n) is 3.58. The molecule has 0 N–H and O–H groups in total. The molecule has 0 bridgehead atoms. The van der Waals surface area contributed by atoms with Crippen molar-refractivity contribution < 1.29 is 23.0 Å². The van der Waals surface area contributed by atoms with Gasteiger partial charge in [0.05, 0.1) is 7.11 Å². The standard InChI is InChI=1S/C15H19F2NO3/c1-20-14-7-11(4-5-13(14)21-15(16)17)8-18-6-2-3-12(9-18)10-19/h4-5,7,10,12,15H,2-3,6,8-9H2,1H3. The summed E-state index contributed by atoms with van der Waals surface area (Å²) in [5, 5.41) is 0. The van der Waals surface area contributed by atoms with Crippen molar-refractivity contribution >= 4 is 6.29 Å². The van der Waals surface area contributed by atoms with E-state index in [4.69, 9.17) is 4.74 Å². The van der Waals surface area contributed by atoms with Gasteiger partial charge in [-0.05, 0) is 37.1 Å². The molecule has 0 spiro atoms. The van der Waals surface area contributed by atoms with Gasteiger partial charge >= 0.3 is 6.61 Å². The molecule has 1 atom stereocenters. The van der Waals surface area contributed by atoms with Crippen LogP contribution < -0.4 is 9.47 Å². The van der Waals surface area contributed by atoms with Gasteiger partial charge < -0.3 is 14.3 Å². The van der Waals surface area contributed by atoms with Crippen molar-refractivity contribution in [1.29, 1.82) is 0 Å². The van der Waals surface area contributed by atoms with Crippen molar-refractivity contribution in [3.63, 3.8) is 0 Å². The average molecular weight is 299 g/mol. The summed E-state index contributed by atoms with van der Waals surface area (Å²) in [6.45, 7) is -0.543. The van der Waals surface area contributed by atoms with E-state index in [1.54, 1.807) is 12.1 Å². The Labute approximate surface area is 122 Å². The highest BCUT2D eigenvalue weighted by molar-refractivity contribution is 5.54. The molecule has 1 aliphatic heterocycles. The molecule has 4 nitrogen and oxygen atoms in total. The van der Waals surface area contributed by atoms with Gasteiger partial charge in [-0.1, -0.05) is 6.07 Å². The SMILES string of the molecule is COc1cc(CN2CCCC(C=O)C2)ccc1OC(F)F. The van der Waals surface area contributed by atoms with Crippen LogP contribution in [0.5, 0.6) is 11.5 Å². The molecule has 2 rings (SSSR count). The molecule has 0 aliphatic carbocycles. The van der Waals surface area contributed by atoms with Gasteiger partial charge in [-0.25, -0.2) is 0 Å². The zero-order chi connectivity index (χ0) is 15.2. The van der Waals surface area contributed by atoms with E-state index in [9.17, 15) is 13.6 Å². The number of likely N-dealkylation sites (tertiary alicyclic amines) is 1. The molecule has 21 heavy (non-hydrogen) atoms. The molecule has 1 fully saturated rings. The van der Waals surface area contributed by atoms with E-state index in [1.807, 2.05) is 0 Å². The first kappa shape index (κ1) is 15.7. The predicted octanol–water partition coefficient (Wildman–Crippen LogP) is 2.71. The number of hydrogen-bond donors (Lipinski definition) is 0. The van der Waals surface area contributed by atoms with Crippen molar-refractivity contribution in [1.82, 2.24) is 4.90 Å². The summed E-state index contributed by atoms with van der Waals surface area (Å²) in [5.74, 6) is 0.402. The first-order chi connectivity index (χ1) is 10.1. The van der Waals surface area contributed by atoms with Crippen LogP contribution in [0.1, 0.15) is 18.4 Å². The van der Waals surface area contributed by atoms with Crippen LogP contribution in [0.15, 0.2) is 18.2 Å². The summed E-state index contributed by atoms with van der Waals surface area (Å²) >= 11 is 0. The van der Waals surface area contributed by atoms with Crippen molar-refractivity contribution in [2.45, 2.75) is 26.0 Å². The van der Waals surface area contributed by atoms with Gasteiger partial charge in [0.15, 0.2) is 11.5 Å². The Hall–Kier alpha value is -1.69. The smallest absolute Gasteiger partial charge is 0.387 e. The Morgan fingerprint density at radius 1 is 1.43 bits per heavy atom. The number of carbonyl (C=O) groups excluding carboxylic acids is 1. The topological polar surface area (TPSA) is 38.8 Å². The highest BCUT2D eigenvalue weighted by Gasteiger charge is 2.20. The first-order valence-corrected chi connectivity index (χ1v) is 6.91. The van der Waals surface area contributed by atoms with Crippen LogP contribution in [-0.4, -0.2) is 38.0 Å². The highest BCUT2D eigenvalue weighted by Crippen LogP contribution is 2.30. The van der Waals surface area contributed by atoms with Gasteiger partial charge in [-0.3, -0.25) is 4.90 Å². The minimum absolute atomic E-state index is 0.0284. The molecule has 0 saturated carbocycles. The summed E-state index contributed by atoms with van der Waals surface area (Å²) in [7, 11) is 1.42. The van der Waals surface area contributed by atoms with Gasteiger partial charge in [-0.15, -0.1) is 0 Å². The molecule has 0 amide bonds. The Balaban J connectivity index is 2.04. The number of piperidine rings is 1. The number of hydrogen-bond acceptors (Lipinski definition) is 4. The third kappa shape index (κ3) is 4.39. The summed E-state index contributed by atoms with van der Waals surface area (Å²) in [5.41, 5.74) is 0.944. The molecular formula is C15H19F2NO3. The lowest BCUT2D eigenvalue weighted by Crippen LogP contribution is -2.35. The number of benzene rings is 1. The molecule has 116 valence electrons. The molecule has 1 aromatic carbocycles. The van der Waals surface area contributed by atoms with E-state index in [2.05, 4.69) is 9.64 Å². The lowest BCUT2D eigenvalue weighted by Gasteiger charge is -2.30. The summed E-state index contributed by atoms with van der Waals surface area (Å²) in [6.07, 6.45) is 2.93. The van der Waals surface area contributed by atoms with Crippen LogP contribution in [0.3, 0.4) is 0 Å². The average Bonchev–Trinajstić information content (AvgIpc) is 2.48. The van der Waals surface area contributed by atoms with Crippen molar-refractivity contribution in [2.75, 3.05) is 20.2 Å². The maximum Gasteiger partial charge on any atom is 0.387 e. The van der Waals surface area contributed by atoms with Crippen LogP contribution in [0.4, 0.5) is 8.78 Å². The minimum atomic E-state index is -2.87. The second-order valence-corrected chi connectivity index (χ2v) is 5.14. The zero-order valence-electron chi connectivity index (χ0n) is 11.9. The summed E-state index contributed by atoms with van der Waals surface area (Å²) in [4.78, 5) is 13.1. The Morgan fingerprint density at radius 2 is 2.24 bits per heavy atom. The maximum absolute atomic E-state index is 12.3. The van der Waals surface area contributed by atoms with E-state index in [-0.39, 0.29) is 17.4 Å². The first-order valence-electron chi connectivity index (χ1n) is 6.91. The van der Waals surface area contributed by atoms with E-state index >= 15 is 0 Å². The van der Waals surface area contributed by atoms with Crippen molar-refractivity contribution in [3.8, 4) is 11.5 Å². The van der Waals surface area contributed by atoms with E-state index in [0.29, 0.717) is 6.54 Å². The number of carbonyl (C=O) groups is 1. The number of halogens is 2. The highest BCUT2D eigenvalue weighted by atomic mass is 19.3. The Kier molecular flexibility index (Phi) is 5.50. The number of methoxy groups -OCH3 is 1. The molecular weight excluding hydrogens is 280 g/mol. The lowest BCUT2D eigenvalue weighted by molar-refractivity contribution is -0.112.